The molecule has 2 amide bonds. The van der Waals surface area contributed by atoms with Crippen LogP contribution in [0, 0.1) is 0 Å². The summed E-state index contributed by atoms with van der Waals surface area (Å²) in [6.45, 7) is 0.449. The van der Waals surface area contributed by atoms with Crippen molar-refractivity contribution in [3.63, 3.8) is 0 Å². The van der Waals surface area contributed by atoms with E-state index in [0.29, 0.717) is 44.2 Å². The van der Waals surface area contributed by atoms with Gasteiger partial charge in [0.15, 0.2) is 11.5 Å². The van der Waals surface area contributed by atoms with Gasteiger partial charge in [0.05, 0.1) is 18.6 Å². The third-order valence-electron chi connectivity index (χ3n) is 4.94. The molecular weight excluding hydrogens is 481 g/mol. The Labute approximate surface area is 205 Å². The van der Waals surface area contributed by atoms with Crippen molar-refractivity contribution in [1.82, 2.24) is 4.90 Å². The molecule has 33 heavy (non-hydrogen) atoms. The van der Waals surface area contributed by atoms with Crippen LogP contribution in [0.15, 0.2) is 71.6 Å². The Kier molecular flexibility index (Phi) is 7.28. The van der Waals surface area contributed by atoms with E-state index >= 15 is 0 Å². The molecule has 0 bridgehead atoms. The monoisotopic (exact) mass is 499 g/mol. The second-order valence-corrected chi connectivity index (χ2v) is 9.02. The van der Waals surface area contributed by atoms with Gasteiger partial charge in [0.25, 0.3) is 11.1 Å². The molecule has 0 aromatic heterocycles. The zero-order valence-corrected chi connectivity index (χ0v) is 19.9. The van der Waals surface area contributed by atoms with E-state index in [0.717, 1.165) is 17.3 Å². The maximum absolute atomic E-state index is 12.9. The van der Waals surface area contributed by atoms with Crippen LogP contribution in [0.4, 0.5) is 4.79 Å². The highest BCUT2D eigenvalue weighted by atomic mass is 35.5. The van der Waals surface area contributed by atoms with Crippen molar-refractivity contribution in [2.24, 2.45) is 0 Å². The molecular formula is C25H19Cl2NO4S. The molecule has 8 heteroatoms. The van der Waals surface area contributed by atoms with Crippen molar-refractivity contribution in [3.05, 3.63) is 98.4 Å². The van der Waals surface area contributed by atoms with Gasteiger partial charge in [-0.25, -0.2) is 0 Å². The summed E-state index contributed by atoms with van der Waals surface area (Å²) in [5, 5.41) is 0.537. The fraction of sp³-hybridized carbons (Fsp3) is 0.120. The molecule has 3 aromatic rings. The van der Waals surface area contributed by atoms with Crippen molar-refractivity contribution in [2.45, 2.75) is 13.2 Å². The smallest absolute Gasteiger partial charge is 0.293 e. The van der Waals surface area contributed by atoms with Crippen molar-refractivity contribution in [3.8, 4) is 11.5 Å². The molecule has 0 aliphatic carbocycles. The number of benzene rings is 3. The van der Waals surface area contributed by atoms with E-state index in [1.54, 1.807) is 49.6 Å². The molecule has 4 rings (SSSR count). The fourth-order valence-corrected chi connectivity index (χ4v) is 4.55. The lowest BCUT2D eigenvalue weighted by Gasteiger charge is -2.14. The van der Waals surface area contributed by atoms with E-state index in [9.17, 15) is 9.59 Å². The van der Waals surface area contributed by atoms with Gasteiger partial charge in [0.1, 0.15) is 6.61 Å². The topological polar surface area (TPSA) is 55.8 Å². The summed E-state index contributed by atoms with van der Waals surface area (Å²) in [4.78, 5) is 26.9. The molecule has 5 nitrogen and oxygen atoms in total. The summed E-state index contributed by atoms with van der Waals surface area (Å²) in [5.74, 6) is 0.745. The molecule has 1 saturated heterocycles. The Morgan fingerprint density at radius 3 is 2.48 bits per heavy atom. The van der Waals surface area contributed by atoms with E-state index in [-0.39, 0.29) is 17.7 Å². The fourth-order valence-electron chi connectivity index (χ4n) is 3.24. The van der Waals surface area contributed by atoms with Gasteiger partial charge in [-0.05, 0) is 58.8 Å². The van der Waals surface area contributed by atoms with Crippen molar-refractivity contribution in [1.29, 1.82) is 0 Å². The van der Waals surface area contributed by atoms with Gasteiger partial charge in [-0.1, -0.05) is 65.7 Å². The first-order chi connectivity index (χ1) is 15.9. The predicted octanol–water partition coefficient (Wildman–Crippen LogP) is 6.82. The van der Waals surface area contributed by atoms with Crippen LogP contribution in [0.25, 0.3) is 6.08 Å². The quantitative estimate of drug-likeness (QED) is 0.334. The summed E-state index contributed by atoms with van der Waals surface area (Å²) < 4.78 is 11.3. The highest BCUT2D eigenvalue weighted by molar-refractivity contribution is 8.18. The van der Waals surface area contributed by atoms with Crippen LogP contribution in [0.5, 0.6) is 11.5 Å². The van der Waals surface area contributed by atoms with Crippen molar-refractivity contribution < 1.29 is 19.1 Å². The number of hydrogen-bond acceptors (Lipinski definition) is 5. The number of carbonyl (C=O) groups excluding carboxylic acids is 2. The third kappa shape index (κ3) is 5.53. The molecule has 0 unspecified atom stereocenters. The molecule has 3 aromatic carbocycles. The third-order valence-corrected chi connectivity index (χ3v) is 6.43. The van der Waals surface area contributed by atoms with Gasteiger partial charge >= 0.3 is 0 Å². The standard InChI is InChI=1S/C25H19Cl2NO4S/c1-31-21-10-7-17(11-22(21)32-15-16-5-3-2-4-6-16)12-23-24(29)28(25(30)33-23)14-18-8-9-19(26)13-20(18)27/h2-13H,14-15H2,1H3/b23-12-. The molecule has 0 radical (unpaired) electrons. The normalized spacial score (nSPS) is 14.8. The predicted molar refractivity (Wildman–Crippen MR) is 132 cm³/mol. The Morgan fingerprint density at radius 1 is 0.970 bits per heavy atom. The molecule has 168 valence electrons. The minimum atomic E-state index is -0.376. The lowest BCUT2D eigenvalue weighted by atomic mass is 10.1. The average molecular weight is 500 g/mol. The van der Waals surface area contributed by atoms with E-state index in [2.05, 4.69) is 0 Å². The Morgan fingerprint density at radius 2 is 1.76 bits per heavy atom. The van der Waals surface area contributed by atoms with Gasteiger partial charge in [-0.2, -0.15) is 0 Å². The first-order valence-electron chi connectivity index (χ1n) is 9.98. The number of nitrogens with zero attached hydrogens (tertiary/aromatic N) is 1. The van der Waals surface area contributed by atoms with Gasteiger partial charge in [0, 0.05) is 10.0 Å². The number of carbonyl (C=O) groups is 2. The Hall–Kier alpha value is -2.93. The average Bonchev–Trinajstić information content (AvgIpc) is 3.07. The summed E-state index contributed by atoms with van der Waals surface area (Å²) in [6, 6.07) is 20.1. The summed E-state index contributed by atoms with van der Waals surface area (Å²) >= 11 is 13.0. The van der Waals surface area contributed by atoms with Crippen LogP contribution >= 0.6 is 35.0 Å². The minimum absolute atomic E-state index is 0.0755. The first kappa shape index (κ1) is 23.2. The molecule has 0 spiro atoms. The van der Waals surface area contributed by atoms with Gasteiger partial charge in [-0.15, -0.1) is 0 Å². The number of thioether (sulfide) groups is 1. The maximum Gasteiger partial charge on any atom is 0.293 e. The van der Waals surface area contributed by atoms with E-state index in [1.807, 2.05) is 30.3 Å². The van der Waals surface area contributed by atoms with E-state index < -0.39 is 0 Å². The maximum atomic E-state index is 12.9. The second-order valence-electron chi connectivity index (χ2n) is 7.19. The van der Waals surface area contributed by atoms with Crippen molar-refractivity contribution >= 4 is 52.2 Å². The lowest BCUT2D eigenvalue weighted by molar-refractivity contribution is -0.123. The minimum Gasteiger partial charge on any atom is -0.493 e. The zero-order valence-electron chi connectivity index (χ0n) is 17.6. The van der Waals surface area contributed by atoms with Gasteiger partial charge in [0.2, 0.25) is 0 Å². The number of halogens is 2. The number of rotatable bonds is 7. The largest absolute Gasteiger partial charge is 0.493 e. The summed E-state index contributed by atoms with van der Waals surface area (Å²) in [5.41, 5.74) is 2.38. The van der Waals surface area contributed by atoms with Crippen LogP contribution in [-0.4, -0.2) is 23.2 Å². The highest BCUT2D eigenvalue weighted by Crippen LogP contribution is 2.36. The molecule has 1 heterocycles. The number of ether oxygens (including phenoxy) is 2. The second kappa shape index (κ2) is 10.3. The Balaban J connectivity index is 1.53. The Bertz CT molecular complexity index is 1230. The number of imide groups is 1. The summed E-state index contributed by atoms with van der Waals surface area (Å²) in [7, 11) is 1.57. The zero-order chi connectivity index (χ0) is 23.4. The number of amides is 2. The number of hydrogen-bond donors (Lipinski definition) is 0. The van der Waals surface area contributed by atoms with Crippen LogP contribution in [-0.2, 0) is 17.9 Å². The SMILES string of the molecule is COc1ccc(/C=C2\SC(=O)N(Cc3ccc(Cl)cc3Cl)C2=O)cc1OCc1ccccc1. The van der Waals surface area contributed by atoms with Crippen LogP contribution < -0.4 is 9.47 Å². The highest BCUT2D eigenvalue weighted by Gasteiger charge is 2.35. The van der Waals surface area contributed by atoms with Crippen LogP contribution in [0.3, 0.4) is 0 Å². The van der Waals surface area contributed by atoms with Gasteiger partial charge in [-0.3, -0.25) is 14.5 Å². The molecule has 1 aliphatic rings. The first-order valence-corrected chi connectivity index (χ1v) is 11.6. The van der Waals surface area contributed by atoms with Gasteiger partial charge < -0.3 is 9.47 Å². The molecule has 1 aliphatic heterocycles. The molecule has 0 atom stereocenters. The van der Waals surface area contributed by atoms with Crippen LogP contribution in [0.2, 0.25) is 10.0 Å². The molecule has 0 saturated carbocycles. The van der Waals surface area contributed by atoms with E-state index in [4.69, 9.17) is 32.7 Å². The van der Waals surface area contributed by atoms with Crippen molar-refractivity contribution in [2.75, 3.05) is 7.11 Å². The lowest BCUT2D eigenvalue weighted by Crippen LogP contribution is -2.27. The number of methoxy groups -OCH3 is 1. The summed E-state index contributed by atoms with van der Waals surface area (Å²) in [6.07, 6.45) is 1.67. The molecule has 0 N–H and O–H groups in total. The molecule has 1 fully saturated rings. The van der Waals surface area contributed by atoms with Crippen LogP contribution in [0.1, 0.15) is 16.7 Å². The van der Waals surface area contributed by atoms with E-state index in [1.165, 1.54) is 4.90 Å².